The number of thioether (sulfide) groups is 1. The highest BCUT2D eigenvalue weighted by Crippen LogP contribution is 2.25. The summed E-state index contributed by atoms with van der Waals surface area (Å²) in [7, 11) is 0. The molecule has 2 aromatic carbocycles. The summed E-state index contributed by atoms with van der Waals surface area (Å²) < 4.78 is 0. The molecule has 0 bridgehead atoms. The van der Waals surface area contributed by atoms with Crippen LogP contribution in [0.4, 0.5) is 0 Å². The van der Waals surface area contributed by atoms with Crippen molar-refractivity contribution in [3.05, 3.63) is 63.1 Å². The van der Waals surface area contributed by atoms with Crippen LogP contribution in [0.25, 0.3) is 0 Å². The highest BCUT2D eigenvalue weighted by molar-refractivity contribution is 7.99. The number of halogens is 3. The molecule has 1 nitrogen and oxygen atoms in total. The number of rotatable bonds is 5. The molecular formula is C15H13Cl3OS. The minimum absolute atomic E-state index is 0.480. The Labute approximate surface area is 137 Å². The van der Waals surface area contributed by atoms with Crippen molar-refractivity contribution >= 4 is 46.6 Å². The van der Waals surface area contributed by atoms with E-state index in [-0.39, 0.29) is 0 Å². The van der Waals surface area contributed by atoms with E-state index in [1.54, 1.807) is 30.0 Å². The van der Waals surface area contributed by atoms with E-state index in [1.165, 1.54) is 0 Å². The third-order valence-electron chi connectivity index (χ3n) is 2.72. The quantitative estimate of drug-likeness (QED) is 0.736. The maximum atomic E-state index is 10.1. The van der Waals surface area contributed by atoms with Crippen LogP contribution in [-0.4, -0.2) is 17.0 Å². The normalized spacial score (nSPS) is 12.4. The molecule has 0 fully saturated rings. The van der Waals surface area contributed by atoms with Gasteiger partial charge in [0.2, 0.25) is 0 Å². The average Bonchev–Trinajstić information content (AvgIpc) is 2.42. The van der Waals surface area contributed by atoms with Crippen molar-refractivity contribution < 1.29 is 5.11 Å². The van der Waals surface area contributed by atoms with Crippen LogP contribution in [0.3, 0.4) is 0 Å². The minimum atomic E-state index is -0.480. The Balaban J connectivity index is 1.90. The molecule has 0 aliphatic heterocycles. The molecule has 0 aliphatic carbocycles. The van der Waals surface area contributed by atoms with Gasteiger partial charge in [0.15, 0.2) is 0 Å². The number of hydrogen-bond acceptors (Lipinski definition) is 2. The summed E-state index contributed by atoms with van der Waals surface area (Å²) in [5.74, 6) is 0.588. The third kappa shape index (κ3) is 4.87. The Bertz CT molecular complexity index is 572. The van der Waals surface area contributed by atoms with Gasteiger partial charge in [0.05, 0.1) is 6.10 Å². The maximum absolute atomic E-state index is 10.1. The fourth-order valence-electron chi connectivity index (χ4n) is 1.74. The lowest BCUT2D eigenvalue weighted by Crippen LogP contribution is -2.13. The summed E-state index contributed by atoms with van der Waals surface area (Å²) in [6, 6.07) is 12.8. The zero-order valence-electron chi connectivity index (χ0n) is 10.5. The second-order valence-electron chi connectivity index (χ2n) is 4.36. The van der Waals surface area contributed by atoms with Crippen LogP contribution < -0.4 is 0 Å². The molecule has 1 N–H and O–H groups in total. The zero-order chi connectivity index (χ0) is 14.5. The van der Waals surface area contributed by atoms with E-state index >= 15 is 0 Å². The molecule has 2 rings (SSSR count). The summed E-state index contributed by atoms with van der Waals surface area (Å²) in [5.41, 5.74) is 0.864. The van der Waals surface area contributed by atoms with E-state index in [4.69, 9.17) is 34.8 Å². The summed E-state index contributed by atoms with van der Waals surface area (Å²) >= 11 is 19.4. The van der Waals surface area contributed by atoms with Crippen LogP contribution in [0.2, 0.25) is 15.1 Å². The lowest BCUT2D eigenvalue weighted by molar-refractivity contribution is 0.200. The van der Waals surface area contributed by atoms with Crippen molar-refractivity contribution in [2.45, 2.75) is 17.4 Å². The standard InChI is InChI=1S/C15H13Cl3OS/c16-11-1-4-14(5-2-11)20-9-13(19)8-10-7-12(17)3-6-15(10)18/h1-7,13,19H,8-9H2. The van der Waals surface area contributed by atoms with E-state index in [0.29, 0.717) is 27.2 Å². The van der Waals surface area contributed by atoms with Crippen molar-refractivity contribution in [3.63, 3.8) is 0 Å². The Morgan fingerprint density at radius 1 is 0.950 bits per heavy atom. The number of hydrogen-bond donors (Lipinski definition) is 1. The second kappa shape index (κ2) is 7.58. The Kier molecular flexibility index (Phi) is 6.06. The predicted molar refractivity (Wildman–Crippen MR) is 88.3 cm³/mol. The van der Waals surface area contributed by atoms with Crippen LogP contribution in [0.5, 0.6) is 0 Å². The van der Waals surface area contributed by atoms with Crippen molar-refractivity contribution in [3.8, 4) is 0 Å². The molecule has 0 aliphatic rings. The molecule has 0 aromatic heterocycles. The first-order chi connectivity index (χ1) is 9.54. The zero-order valence-corrected chi connectivity index (χ0v) is 13.6. The van der Waals surface area contributed by atoms with Crippen LogP contribution >= 0.6 is 46.6 Å². The maximum Gasteiger partial charge on any atom is 0.0674 e. The summed E-state index contributed by atoms with van der Waals surface area (Å²) in [6.07, 6.45) is 0.00614. The summed E-state index contributed by atoms with van der Waals surface area (Å²) in [6.45, 7) is 0. The van der Waals surface area contributed by atoms with E-state index in [9.17, 15) is 5.11 Å². The van der Waals surface area contributed by atoms with Crippen LogP contribution in [0.15, 0.2) is 47.4 Å². The SMILES string of the molecule is OC(CSc1ccc(Cl)cc1)Cc1cc(Cl)ccc1Cl. The highest BCUT2D eigenvalue weighted by Gasteiger charge is 2.10. The van der Waals surface area contributed by atoms with Gasteiger partial charge in [-0.1, -0.05) is 34.8 Å². The van der Waals surface area contributed by atoms with Gasteiger partial charge in [0, 0.05) is 32.1 Å². The second-order valence-corrected chi connectivity index (χ2v) is 6.73. The van der Waals surface area contributed by atoms with Gasteiger partial charge in [-0.15, -0.1) is 11.8 Å². The van der Waals surface area contributed by atoms with Crippen LogP contribution in [-0.2, 0) is 6.42 Å². The van der Waals surface area contributed by atoms with Crippen molar-refractivity contribution in [2.24, 2.45) is 0 Å². The molecule has 5 heteroatoms. The van der Waals surface area contributed by atoms with Crippen molar-refractivity contribution in [1.82, 2.24) is 0 Å². The monoisotopic (exact) mass is 346 g/mol. The molecule has 0 amide bonds. The summed E-state index contributed by atoms with van der Waals surface area (Å²) in [4.78, 5) is 1.07. The Morgan fingerprint density at radius 3 is 2.30 bits per heavy atom. The third-order valence-corrected chi connectivity index (χ3v) is 4.73. The van der Waals surface area contributed by atoms with E-state index in [2.05, 4.69) is 0 Å². The first-order valence-electron chi connectivity index (χ1n) is 6.05. The van der Waals surface area contributed by atoms with E-state index < -0.39 is 6.10 Å². The fraction of sp³-hybridized carbons (Fsp3) is 0.200. The van der Waals surface area contributed by atoms with Gasteiger partial charge in [-0.3, -0.25) is 0 Å². The number of aliphatic hydroxyl groups is 1. The molecule has 0 heterocycles. The smallest absolute Gasteiger partial charge is 0.0674 e. The van der Waals surface area contributed by atoms with E-state index in [1.807, 2.05) is 24.3 Å². The van der Waals surface area contributed by atoms with Gasteiger partial charge >= 0.3 is 0 Å². The molecule has 1 atom stereocenters. The minimum Gasteiger partial charge on any atom is -0.392 e. The molecule has 2 aromatic rings. The molecule has 20 heavy (non-hydrogen) atoms. The van der Waals surface area contributed by atoms with Gasteiger partial charge in [-0.25, -0.2) is 0 Å². The fourth-order valence-corrected chi connectivity index (χ4v) is 3.08. The largest absolute Gasteiger partial charge is 0.392 e. The Morgan fingerprint density at radius 2 is 1.60 bits per heavy atom. The first-order valence-corrected chi connectivity index (χ1v) is 8.17. The summed E-state index contributed by atoms with van der Waals surface area (Å²) in [5, 5.41) is 12.1. The lowest BCUT2D eigenvalue weighted by Gasteiger charge is -2.12. The molecule has 0 saturated heterocycles. The van der Waals surface area contributed by atoms with Gasteiger partial charge in [-0.2, -0.15) is 0 Å². The molecular weight excluding hydrogens is 335 g/mol. The predicted octanol–water partition coefficient (Wildman–Crippen LogP) is 5.34. The van der Waals surface area contributed by atoms with Gasteiger partial charge in [-0.05, 0) is 48.0 Å². The molecule has 1 unspecified atom stereocenters. The molecule has 106 valence electrons. The molecule has 0 radical (unpaired) electrons. The highest BCUT2D eigenvalue weighted by atomic mass is 35.5. The van der Waals surface area contributed by atoms with Crippen LogP contribution in [0.1, 0.15) is 5.56 Å². The number of benzene rings is 2. The van der Waals surface area contributed by atoms with E-state index in [0.717, 1.165) is 10.5 Å². The van der Waals surface area contributed by atoms with Gasteiger partial charge < -0.3 is 5.11 Å². The van der Waals surface area contributed by atoms with Crippen LogP contribution in [0, 0.1) is 0 Å². The van der Waals surface area contributed by atoms with Crippen molar-refractivity contribution in [2.75, 3.05) is 5.75 Å². The topological polar surface area (TPSA) is 20.2 Å². The number of aliphatic hydroxyl groups excluding tert-OH is 1. The average molecular weight is 348 g/mol. The van der Waals surface area contributed by atoms with Gasteiger partial charge in [0.25, 0.3) is 0 Å². The first kappa shape index (κ1) is 16.0. The Hall–Kier alpha value is -0.380. The molecule has 0 spiro atoms. The molecule has 0 saturated carbocycles. The van der Waals surface area contributed by atoms with Gasteiger partial charge in [0.1, 0.15) is 0 Å². The lowest BCUT2D eigenvalue weighted by atomic mass is 10.1. The van der Waals surface area contributed by atoms with Crippen molar-refractivity contribution in [1.29, 1.82) is 0 Å².